The van der Waals surface area contributed by atoms with Gasteiger partial charge in [0.2, 0.25) is 0 Å². The van der Waals surface area contributed by atoms with E-state index in [4.69, 9.17) is 14.9 Å². The lowest BCUT2D eigenvalue weighted by molar-refractivity contribution is 0.0988. The summed E-state index contributed by atoms with van der Waals surface area (Å²) in [6.45, 7) is 0.907. The highest BCUT2D eigenvalue weighted by molar-refractivity contribution is 4.72. The maximum Gasteiger partial charge on any atom is 0.0845 e. The van der Waals surface area contributed by atoms with Crippen molar-refractivity contribution in [2.45, 2.75) is 6.10 Å². The van der Waals surface area contributed by atoms with Crippen molar-refractivity contribution in [1.82, 2.24) is 0 Å². The summed E-state index contributed by atoms with van der Waals surface area (Å²) in [5, 5.41) is 17.4. The summed E-state index contributed by atoms with van der Waals surface area (Å²) in [7, 11) is 0. The predicted molar refractivity (Wildman–Crippen MR) is 27.4 cm³/mol. The minimum absolute atomic E-state index is 0.0289. The first kappa shape index (κ1) is 6.01. The van der Waals surface area contributed by atoms with Crippen LogP contribution in [0.15, 0.2) is 0 Å². The van der Waals surface area contributed by atoms with E-state index < -0.39 is 6.10 Å². The van der Waals surface area contributed by atoms with Gasteiger partial charge in [-0.3, -0.25) is 0 Å². The molecule has 0 bridgehead atoms. The van der Waals surface area contributed by atoms with Crippen LogP contribution in [0.25, 0.3) is 0 Å². The van der Waals surface area contributed by atoms with Crippen LogP contribution in [-0.4, -0.2) is 36.1 Å². The van der Waals surface area contributed by atoms with E-state index in [1.54, 1.807) is 0 Å². The third-order valence-corrected chi connectivity index (χ3v) is 1.40. The van der Waals surface area contributed by atoms with Crippen LogP contribution in [0.1, 0.15) is 0 Å². The number of ether oxygens (including phenoxy) is 1. The second kappa shape index (κ2) is 2.44. The van der Waals surface area contributed by atoms with E-state index in [1.807, 2.05) is 0 Å². The summed E-state index contributed by atoms with van der Waals surface area (Å²) >= 11 is 0. The van der Waals surface area contributed by atoms with E-state index in [0.717, 1.165) is 0 Å². The Kier molecular flexibility index (Phi) is 1.83. The fraction of sp³-hybridized carbons (Fsp3) is 1.00. The molecule has 1 heterocycles. The second-order valence-corrected chi connectivity index (χ2v) is 2.05. The maximum absolute atomic E-state index is 8.90. The van der Waals surface area contributed by atoms with Gasteiger partial charge in [0.1, 0.15) is 0 Å². The highest BCUT2D eigenvalue weighted by atomic mass is 16.5. The Morgan fingerprint density at radius 3 is 2.50 bits per heavy atom. The van der Waals surface area contributed by atoms with Gasteiger partial charge in [-0.15, -0.1) is 0 Å². The van der Waals surface area contributed by atoms with Gasteiger partial charge in [-0.1, -0.05) is 0 Å². The van der Waals surface area contributed by atoms with Gasteiger partial charge in [0, 0.05) is 5.92 Å². The summed E-state index contributed by atoms with van der Waals surface area (Å²) in [5.41, 5.74) is 0. The largest absolute Gasteiger partial charge is 0.396 e. The molecule has 8 heavy (non-hydrogen) atoms. The molecule has 48 valence electrons. The normalized spacial score (nSPS) is 38.2. The van der Waals surface area contributed by atoms with Crippen molar-refractivity contribution in [1.29, 1.82) is 0 Å². The molecule has 1 rings (SSSR count). The molecule has 0 radical (unpaired) electrons. The lowest BCUT2D eigenvalue weighted by Gasteiger charge is -2.05. The highest BCUT2D eigenvalue weighted by Crippen LogP contribution is 2.11. The van der Waals surface area contributed by atoms with Gasteiger partial charge in [-0.25, -0.2) is 0 Å². The van der Waals surface area contributed by atoms with E-state index in [1.165, 1.54) is 0 Å². The van der Waals surface area contributed by atoms with Crippen LogP contribution in [0, 0.1) is 5.92 Å². The molecule has 0 aromatic heterocycles. The van der Waals surface area contributed by atoms with Gasteiger partial charge in [0.15, 0.2) is 0 Å². The number of aliphatic hydroxyl groups excluding tert-OH is 2. The Labute approximate surface area is 47.9 Å². The number of aliphatic hydroxyl groups is 2. The average Bonchev–Trinajstić information content (AvgIpc) is 2.14. The van der Waals surface area contributed by atoms with Gasteiger partial charge < -0.3 is 14.9 Å². The summed E-state index contributed by atoms with van der Waals surface area (Å²) in [6.07, 6.45) is -0.444. The predicted octanol–water partition coefficient (Wildman–Crippen LogP) is -1.01. The second-order valence-electron chi connectivity index (χ2n) is 2.05. The molecule has 1 aliphatic heterocycles. The average molecular weight is 118 g/mol. The van der Waals surface area contributed by atoms with Crippen LogP contribution in [0.5, 0.6) is 0 Å². The molecule has 1 saturated heterocycles. The van der Waals surface area contributed by atoms with Crippen molar-refractivity contribution in [2.75, 3.05) is 19.8 Å². The minimum atomic E-state index is -0.444. The molecule has 0 saturated carbocycles. The van der Waals surface area contributed by atoms with Crippen molar-refractivity contribution in [3.8, 4) is 0 Å². The third-order valence-electron chi connectivity index (χ3n) is 1.40. The Hall–Kier alpha value is -0.120. The fourth-order valence-electron chi connectivity index (χ4n) is 0.762. The van der Waals surface area contributed by atoms with Crippen molar-refractivity contribution < 1.29 is 14.9 Å². The summed E-state index contributed by atoms with van der Waals surface area (Å²) in [5.74, 6) is -0.0463. The Bertz CT molecular complexity index is 74.1. The summed E-state index contributed by atoms with van der Waals surface area (Å²) in [6, 6.07) is 0. The van der Waals surface area contributed by atoms with E-state index in [-0.39, 0.29) is 12.5 Å². The quantitative estimate of drug-likeness (QED) is 0.463. The molecule has 2 atom stereocenters. The van der Waals surface area contributed by atoms with Gasteiger partial charge in [0.05, 0.1) is 25.9 Å². The molecule has 0 spiro atoms. The van der Waals surface area contributed by atoms with Gasteiger partial charge in [0.25, 0.3) is 0 Å². The molecular formula is C5H10O3. The van der Waals surface area contributed by atoms with Gasteiger partial charge in [-0.05, 0) is 0 Å². The Morgan fingerprint density at radius 1 is 1.50 bits per heavy atom. The molecular weight excluding hydrogens is 108 g/mol. The molecule has 0 unspecified atom stereocenters. The van der Waals surface area contributed by atoms with Gasteiger partial charge >= 0.3 is 0 Å². The summed E-state index contributed by atoms with van der Waals surface area (Å²) < 4.78 is 4.85. The topological polar surface area (TPSA) is 49.7 Å². The zero-order chi connectivity index (χ0) is 5.98. The van der Waals surface area contributed by atoms with Crippen LogP contribution in [-0.2, 0) is 4.74 Å². The minimum Gasteiger partial charge on any atom is -0.396 e. The smallest absolute Gasteiger partial charge is 0.0845 e. The van der Waals surface area contributed by atoms with E-state index >= 15 is 0 Å². The number of rotatable bonds is 1. The van der Waals surface area contributed by atoms with Crippen LogP contribution < -0.4 is 0 Å². The molecule has 3 nitrogen and oxygen atoms in total. The zero-order valence-electron chi connectivity index (χ0n) is 4.58. The molecule has 0 aliphatic carbocycles. The van der Waals surface area contributed by atoms with Crippen molar-refractivity contribution in [2.24, 2.45) is 5.92 Å². The molecule has 0 aromatic carbocycles. The molecule has 3 heteroatoms. The first-order valence-corrected chi connectivity index (χ1v) is 2.71. The molecule has 1 fully saturated rings. The Morgan fingerprint density at radius 2 is 2.25 bits per heavy atom. The van der Waals surface area contributed by atoms with Gasteiger partial charge in [-0.2, -0.15) is 0 Å². The number of hydrogen-bond donors (Lipinski definition) is 2. The fourth-order valence-corrected chi connectivity index (χ4v) is 0.762. The van der Waals surface area contributed by atoms with E-state index in [9.17, 15) is 0 Å². The first-order valence-electron chi connectivity index (χ1n) is 2.71. The first-order chi connectivity index (χ1) is 3.84. The lowest BCUT2D eigenvalue weighted by Crippen LogP contribution is -2.20. The van der Waals surface area contributed by atoms with E-state index in [2.05, 4.69) is 0 Å². The highest BCUT2D eigenvalue weighted by Gasteiger charge is 2.24. The van der Waals surface area contributed by atoms with E-state index in [0.29, 0.717) is 13.2 Å². The van der Waals surface area contributed by atoms with Crippen LogP contribution in [0.3, 0.4) is 0 Å². The summed E-state index contributed by atoms with van der Waals surface area (Å²) in [4.78, 5) is 0. The van der Waals surface area contributed by atoms with Crippen LogP contribution in [0.4, 0.5) is 0 Å². The molecule has 2 N–H and O–H groups in total. The SMILES string of the molecule is OC[C@@H]1COC[C@H]1O. The molecule has 1 aliphatic rings. The monoisotopic (exact) mass is 118 g/mol. The lowest BCUT2D eigenvalue weighted by atomic mass is 10.1. The van der Waals surface area contributed by atoms with Crippen LogP contribution in [0.2, 0.25) is 0 Å². The van der Waals surface area contributed by atoms with Crippen molar-refractivity contribution >= 4 is 0 Å². The molecule has 0 aromatic rings. The third kappa shape index (κ3) is 0.992. The molecule has 0 amide bonds. The van der Waals surface area contributed by atoms with Crippen LogP contribution >= 0.6 is 0 Å². The maximum atomic E-state index is 8.90. The standard InChI is InChI=1S/C5H10O3/c6-1-4-2-8-3-5(4)7/h4-7H,1-3H2/t4-,5-/m1/s1. The zero-order valence-corrected chi connectivity index (χ0v) is 4.58. The number of hydrogen-bond acceptors (Lipinski definition) is 3. The Balaban J connectivity index is 2.30. The van der Waals surface area contributed by atoms with Crippen molar-refractivity contribution in [3.05, 3.63) is 0 Å². The van der Waals surface area contributed by atoms with Crippen molar-refractivity contribution in [3.63, 3.8) is 0 Å².